The molecule has 104 valence electrons. The van der Waals surface area contributed by atoms with Gasteiger partial charge < -0.3 is 10.1 Å². The molecule has 4 nitrogen and oxygen atoms in total. The van der Waals surface area contributed by atoms with Crippen LogP contribution in [0, 0.1) is 0 Å². The maximum absolute atomic E-state index is 11.4. The standard InChI is InChI=1S/C16H18N2O2/c19-15-10-16(20)17-14-7-9-18(8-6-13(14)15)11-12-4-2-1-3-5-12/h1-5,10H,6-9,11H2,(H2,17,19,20). The Morgan fingerprint density at radius 3 is 2.70 bits per heavy atom. The maximum atomic E-state index is 11.4. The van der Waals surface area contributed by atoms with E-state index < -0.39 is 0 Å². The number of nitrogens with zero attached hydrogens (tertiary/aromatic N) is 1. The van der Waals surface area contributed by atoms with Crippen LogP contribution in [-0.4, -0.2) is 28.1 Å². The van der Waals surface area contributed by atoms with Crippen molar-refractivity contribution < 1.29 is 5.11 Å². The summed E-state index contributed by atoms with van der Waals surface area (Å²) >= 11 is 0. The molecule has 1 aromatic carbocycles. The summed E-state index contributed by atoms with van der Waals surface area (Å²) in [6, 6.07) is 11.6. The van der Waals surface area contributed by atoms with Gasteiger partial charge in [0, 0.05) is 43.4 Å². The summed E-state index contributed by atoms with van der Waals surface area (Å²) in [6.07, 6.45) is 1.54. The highest BCUT2D eigenvalue weighted by Crippen LogP contribution is 2.22. The molecular weight excluding hydrogens is 252 g/mol. The number of rotatable bonds is 2. The first kappa shape index (κ1) is 12.9. The number of pyridine rings is 1. The summed E-state index contributed by atoms with van der Waals surface area (Å²) in [7, 11) is 0. The van der Waals surface area contributed by atoms with Crippen molar-refractivity contribution in [3.05, 3.63) is 63.6 Å². The SMILES string of the molecule is O=c1cc(O)c2c([nH]1)CCN(Cc1ccccc1)CC2. The van der Waals surface area contributed by atoms with Crippen LogP contribution in [0.5, 0.6) is 5.75 Å². The van der Waals surface area contributed by atoms with Gasteiger partial charge in [0.25, 0.3) is 5.56 Å². The lowest BCUT2D eigenvalue weighted by atomic mass is 10.1. The number of aromatic nitrogens is 1. The maximum Gasteiger partial charge on any atom is 0.251 e. The predicted octanol–water partition coefficient (Wildman–Crippen LogP) is 1.68. The van der Waals surface area contributed by atoms with Gasteiger partial charge in [0.2, 0.25) is 0 Å². The second kappa shape index (κ2) is 5.51. The van der Waals surface area contributed by atoms with E-state index in [0.29, 0.717) is 0 Å². The Balaban J connectivity index is 1.76. The molecule has 0 saturated carbocycles. The van der Waals surface area contributed by atoms with Crippen molar-refractivity contribution in [1.29, 1.82) is 0 Å². The van der Waals surface area contributed by atoms with Crippen molar-refractivity contribution in [2.75, 3.05) is 13.1 Å². The number of hydrogen-bond donors (Lipinski definition) is 2. The molecule has 1 aliphatic rings. The zero-order chi connectivity index (χ0) is 13.9. The van der Waals surface area contributed by atoms with Crippen LogP contribution in [0.25, 0.3) is 0 Å². The molecule has 0 fully saturated rings. The molecule has 0 bridgehead atoms. The highest BCUT2D eigenvalue weighted by atomic mass is 16.3. The van der Waals surface area contributed by atoms with E-state index in [-0.39, 0.29) is 11.3 Å². The molecule has 20 heavy (non-hydrogen) atoms. The topological polar surface area (TPSA) is 56.3 Å². The Kier molecular flexibility index (Phi) is 3.56. The van der Waals surface area contributed by atoms with Crippen molar-refractivity contribution >= 4 is 0 Å². The van der Waals surface area contributed by atoms with Crippen molar-refractivity contribution in [2.45, 2.75) is 19.4 Å². The third-order valence-corrected chi connectivity index (χ3v) is 3.82. The molecule has 4 heteroatoms. The van der Waals surface area contributed by atoms with Crippen molar-refractivity contribution in [2.24, 2.45) is 0 Å². The molecule has 0 unspecified atom stereocenters. The Labute approximate surface area is 117 Å². The van der Waals surface area contributed by atoms with E-state index in [1.807, 2.05) is 18.2 Å². The summed E-state index contributed by atoms with van der Waals surface area (Å²) in [4.78, 5) is 16.6. The first-order valence-electron chi connectivity index (χ1n) is 6.93. The van der Waals surface area contributed by atoms with Crippen LogP contribution >= 0.6 is 0 Å². The lowest BCUT2D eigenvalue weighted by Gasteiger charge is -2.19. The largest absolute Gasteiger partial charge is 0.507 e. The first-order chi connectivity index (χ1) is 9.72. The second-order valence-corrected chi connectivity index (χ2v) is 5.24. The summed E-state index contributed by atoms with van der Waals surface area (Å²) in [5.41, 5.74) is 2.83. The number of aromatic hydroxyl groups is 1. The van der Waals surface area contributed by atoms with Gasteiger partial charge in [0.15, 0.2) is 0 Å². The van der Waals surface area contributed by atoms with Gasteiger partial charge in [-0.05, 0) is 12.0 Å². The van der Waals surface area contributed by atoms with E-state index in [1.165, 1.54) is 11.6 Å². The van der Waals surface area contributed by atoms with E-state index in [0.717, 1.165) is 43.7 Å². The summed E-state index contributed by atoms with van der Waals surface area (Å²) < 4.78 is 0. The Morgan fingerprint density at radius 1 is 1.15 bits per heavy atom. The first-order valence-corrected chi connectivity index (χ1v) is 6.93. The molecule has 0 atom stereocenters. The minimum absolute atomic E-state index is 0.130. The molecule has 2 N–H and O–H groups in total. The molecule has 2 heterocycles. The fraction of sp³-hybridized carbons (Fsp3) is 0.312. The molecule has 0 aliphatic carbocycles. The smallest absolute Gasteiger partial charge is 0.251 e. The van der Waals surface area contributed by atoms with Crippen LogP contribution in [0.15, 0.2) is 41.2 Å². The van der Waals surface area contributed by atoms with E-state index >= 15 is 0 Å². The van der Waals surface area contributed by atoms with Gasteiger partial charge in [-0.3, -0.25) is 9.69 Å². The van der Waals surface area contributed by atoms with E-state index in [1.54, 1.807) is 0 Å². The molecule has 2 aromatic rings. The highest BCUT2D eigenvalue weighted by molar-refractivity contribution is 5.35. The molecular formula is C16H18N2O2. The average molecular weight is 270 g/mol. The van der Waals surface area contributed by atoms with Gasteiger partial charge >= 0.3 is 0 Å². The van der Waals surface area contributed by atoms with Crippen LogP contribution in [0.3, 0.4) is 0 Å². The molecule has 0 radical (unpaired) electrons. The van der Waals surface area contributed by atoms with Gasteiger partial charge in [0.1, 0.15) is 5.75 Å². The zero-order valence-corrected chi connectivity index (χ0v) is 11.3. The van der Waals surface area contributed by atoms with Crippen molar-refractivity contribution in [3.8, 4) is 5.75 Å². The minimum atomic E-state index is -0.224. The summed E-state index contributed by atoms with van der Waals surface area (Å²) in [5.74, 6) is 0.130. The summed E-state index contributed by atoms with van der Waals surface area (Å²) in [5, 5.41) is 9.90. The van der Waals surface area contributed by atoms with E-state index in [2.05, 4.69) is 22.0 Å². The Hall–Kier alpha value is -2.07. The molecule has 3 rings (SSSR count). The Morgan fingerprint density at radius 2 is 1.90 bits per heavy atom. The van der Waals surface area contributed by atoms with Crippen LogP contribution in [0.2, 0.25) is 0 Å². The monoisotopic (exact) mass is 270 g/mol. The van der Waals surface area contributed by atoms with Crippen LogP contribution in [0.4, 0.5) is 0 Å². The van der Waals surface area contributed by atoms with Gasteiger partial charge in [-0.2, -0.15) is 0 Å². The fourth-order valence-electron chi connectivity index (χ4n) is 2.77. The number of aromatic amines is 1. The van der Waals surface area contributed by atoms with Crippen LogP contribution in [-0.2, 0) is 19.4 Å². The minimum Gasteiger partial charge on any atom is -0.507 e. The van der Waals surface area contributed by atoms with Gasteiger partial charge in [-0.15, -0.1) is 0 Å². The normalized spacial score (nSPS) is 15.6. The number of hydrogen-bond acceptors (Lipinski definition) is 3. The van der Waals surface area contributed by atoms with Gasteiger partial charge in [-0.1, -0.05) is 30.3 Å². The van der Waals surface area contributed by atoms with Gasteiger partial charge in [0.05, 0.1) is 0 Å². The van der Waals surface area contributed by atoms with Gasteiger partial charge in [-0.25, -0.2) is 0 Å². The highest BCUT2D eigenvalue weighted by Gasteiger charge is 2.17. The Bertz CT molecular complexity index is 649. The lowest BCUT2D eigenvalue weighted by Crippen LogP contribution is -2.25. The van der Waals surface area contributed by atoms with E-state index in [4.69, 9.17) is 0 Å². The average Bonchev–Trinajstić information content (AvgIpc) is 2.63. The lowest BCUT2D eigenvalue weighted by molar-refractivity contribution is 0.278. The molecule has 1 aliphatic heterocycles. The molecule has 0 spiro atoms. The summed E-state index contributed by atoms with van der Waals surface area (Å²) in [6.45, 7) is 2.68. The number of H-pyrrole nitrogens is 1. The number of nitrogens with one attached hydrogen (secondary N) is 1. The van der Waals surface area contributed by atoms with E-state index in [9.17, 15) is 9.90 Å². The third kappa shape index (κ3) is 2.75. The second-order valence-electron chi connectivity index (χ2n) is 5.24. The molecule has 0 saturated heterocycles. The zero-order valence-electron chi connectivity index (χ0n) is 11.3. The fourth-order valence-corrected chi connectivity index (χ4v) is 2.77. The quantitative estimate of drug-likeness (QED) is 0.873. The van der Waals surface area contributed by atoms with Crippen molar-refractivity contribution in [1.82, 2.24) is 9.88 Å². The predicted molar refractivity (Wildman–Crippen MR) is 77.9 cm³/mol. The molecule has 1 aromatic heterocycles. The van der Waals surface area contributed by atoms with Crippen LogP contribution < -0.4 is 5.56 Å². The number of benzene rings is 1. The van der Waals surface area contributed by atoms with Crippen molar-refractivity contribution in [3.63, 3.8) is 0 Å². The third-order valence-electron chi connectivity index (χ3n) is 3.82. The number of fused-ring (bicyclic) bond motifs is 1. The molecule has 0 amide bonds. The van der Waals surface area contributed by atoms with Crippen LogP contribution in [0.1, 0.15) is 16.8 Å².